The molecule has 0 aromatic heterocycles. The zero-order valence-corrected chi connectivity index (χ0v) is 13.1. The number of ether oxygens (including phenoxy) is 3. The number of carbonyl (C=O) groups excluding carboxylic acids is 2. The van der Waals surface area contributed by atoms with Crippen molar-refractivity contribution in [3.63, 3.8) is 0 Å². The first kappa shape index (κ1) is 20.4. The van der Waals surface area contributed by atoms with Gasteiger partial charge in [0.2, 0.25) is 6.10 Å². The lowest BCUT2D eigenvalue weighted by Crippen LogP contribution is -2.37. The van der Waals surface area contributed by atoms with Gasteiger partial charge in [0.1, 0.15) is 0 Å². The average molecular weight is 376 g/mol. The molecule has 24 heavy (non-hydrogen) atoms. The molecule has 1 aliphatic heterocycles. The minimum absolute atomic E-state index is 0.104. The highest BCUT2D eigenvalue weighted by molar-refractivity contribution is 7.86. The molecule has 8 nitrogen and oxygen atoms in total. The molecule has 0 aromatic rings. The van der Waals surface area contributed by atoms with E-state index in [9.17, 15) is 31.2 Å². The van der Waals surface area contributed by atoms with Crippen molar-refractivity contribution < 1.29 is 49.9 Å². The summed E-state index contributed by atoms with van der Waals surface area (Å²) in [5.74, 6) is -6.08. The summed E-state index contributed by atoms with van der Waals surface area (Å²) in [6.45, 7) is 2.01. The predicted molar refractivity (Wildman–Crippen MR) is 71.4 cm³/mol. The van der Waals surface area contributed by atoms with Crippen molar-refractivity contribution in [3.8, 4) is 0 Å². The Morgan fingerprint density at radius 1 is 1.50 bits per heavy atom. The van der Waals surface area contributed by atoms with Crippen LogP contribution in [0.5, 0.6) is 0 Å². The molecule has 0 aromatic carbocycles. The van der Waals surface area contributed by atoms with Crippen LogP contribution in [-0.4, -0.2) is 62.3 Å². The Labute approximate surface area is 135 Å². The first-order valence-corrected chi connectivity index (χ1v) is 8.07. The highest BCUT2D eigenvalue weighted by Gasteiger charge is 2.47. The third-order valence-corrected chi connectivity index (χ3v) is 3.74. The summed E-state index contributed by atoms with van der Waals surface area (Å²) < 4.78 is 82.1. The van der Waals surface area contributed by atoms with Crippen LogP contribution in [0.1, 0.15) is 12.8 Å². The van der Waals surface area contributed by atoms with Crippen LogP contribution < -0.4 is 0 Å². The lowest BCUT2D eigenvalue weighted by atomic mass is 10.2. The van der Waals surface area contributed by atoms with Gasteiger partial charge >= 0.3 is 22.1 Å². The maximum atomic E-state index is 13.2. The van der Waals surface area contributed by atoms with Gasteiger partial charge in [-0.2, -0.15) is 8.42 Å². The summed E-state index contributed by atoms with van der Waals surface area (Å²) in [4.78, 5) is 22.6. The molecule has 1 heterocycles. The van der Waals surface area contributed by atoms with E-state index in [0.717, 1.165) is 0 Å². The maximum Gasteiger partial charge on any atom is 0.347 e. The van der Waals surface area contributed by atoms with Crippen molar-refractivity contribution in [3.05, 3.63) is 12.2 Å². The summed E-state index contributed by atoms with van der Waals surface area (Å²) in [7, 11) is -5.55. The molecule has 0 aliphatic carbocycles. The molecule has 0 bridgehead atoms. The van der Waals surface area contributed by atoms with E-state index >= 15 is 0 Å². The number of rotatable bonds is 9. The summed E-state index contributed by atoms with van der Waals surface area (Å²) in [5.41, 5.74) is -4.07. The first-order chi connectivity index (χ1) is 10.9. The van der Waals surface area contributed by atoms with Gasteiger partial charge in [0.05, 0.1) is 25.4 Å². The molecule has 1 N–H and O–H groups in total. The van der Waals surface area contributed by atoms with E-state index in [2.05, 4.69) is 16.1 Å². The predicted octanol–water partition coefficient (Wildman–Crippen LogP) is 0.627. The van der Waals surface area contributed by atoms with Gasteiger partial charge in [-0.25, -0.2) is 22.8 Å². The van der Waals surface area contributed by atoms with Crippen molar-refractivity contribution in [2.24, 2.45) is 0 Å². The van der Waals surface area contributed by atoms with Gasteiger partial charge in [-0.3, -0.25) is 4.55 Å². The Kier molecular flexibility index (Phi) is 6.75. The summed E-state index contributed by atoms with van der Waals surface area (Å²) >= 11 is 0. The highest BCUT2D eigenvalue weighted by Crippen LogP contribution is 2.28. The Hall–Kier alpha value is -1.66. The minimum Gasteiger partial charge on any atom is -0.463 e. The van der Waals surface area contributed by atoms with E-state index in [4.69, 9.17) is 9.29 Å². The van der Waals surface area contributed by atoms with Crippen LogP contribution in [0.15, 0.2) is 12.2 Å². The Morgan fingerprint density at radius 3 is 2.62 bits per heavy atom. The van der Waals surface area contributed by atoms with Crippen molar-refractivity contribution in [2.45, 2.75) is 30.4 Å². The summed E-state index contributed by atoms with van der Waals surface area (Å²) in [6, 6.07) is 0. The second-order valence-corrected chi connectivity index (χ2v) is 6.29. The molecule has 1 rings (SSSR count). The molecule has 0 saturated carbocycles. The number of esters is 2. The lowest BCUT2D eigenvalue weighted by Gasteiger charge is -2.18. The second-order valence-electron chi connectivity index (χ2n) is 4.85. The Balaban J connectivity index is 2.35. The highest BCUT2D eigenvalue weighted by atomic mass is 32.2. The fourth-order valence-electron chi connectivity index (χ4n) is 1.59. The van der Waals surface area contributed by atoms with Gasteiger partial charge in [-0.15, -0.1) is 0 Å². The van der Waals surface area contributed by atoms with Gasteiger partial charge in [0.25, 0.3) is 11.4 Å². The van der Waals surface area contributed by atoms with Crippen LogP contribution in [0.3, 0.4) is 0 Å². The molecule has 1 aliphatic rings. The second kappa shape index (κ2) is 7.94. The molecule has 2 atom stereocenters. The van der Waals surface area contributed by atoms with Crippen LogP contribution in [0.4, 0.5) is 13.2 Å². The SMILES string of the molecule is C=C(COCCC(F)(F)C(F)S(=O)(=O)O)C(=O)OC1CCOC1=O. The molecule has 12 heteroatoms. The third-order valence-electron chi connectivity index (χ3n) is 2.87. The third kappa shape index (κ3) is 5.76. The monoisotopic (exact) mass is 376 g/mol. The number of carbonyl (C=O) groups is 2. The van der Waals surface area contributed by atoms with E-state index in [1.165, 1.54) is 0 Å². The fraction of sp³-hybridized carbons (Fsp3) is 0.667. The average Bonchev–Trinajstić information content (AvgIpc) is 2.86. The smallest absolute Gasteiger partial charge is 0.347 e. The van der Waals surface area contributed by atoms with Crippen molar-refractivity contribution >= 4 is 22.1 Å². The topological polar surface area (TPSA) is 116 Å². The Bertz CT molecular complexity index is 603. The first-order valence-electron chi connectivity index (χ1n) is 6.56. The number of hydrogen-bond acceptors (Lipinski definition) is 7. The van der Waals surface area contributed by atoms with Crippen LogP contribution in [0.2, 0.25) is 0 Å². The molecule has 1 fully saturated rings. The van der Waals surface area contributed by atoms with E-state index in [1.807, 2.05) is 0 Å². The molecule has 0 radical (unpaired) electrons. The zero-order chi connectivity index (χ0) is 18.5. The van der Waals surface area contributed by atoms with E-state index in [1.54, 1.807) is 0 Å². The molecule has 0 spiro atoms. The van der Waals surface area contributed by atoms with E-state index in [0.29, 0.717) is 0 Å². The van der Waals surface area contributed by atoms with Crippen LogP contribution in [-0.2, 0) is 33.9 Å². The van der Waals surface area contributed by atoms with Crippen molar-refractivity contribution in [2.75, 3.05) is 19.8 Å². The van der Waals surface area contributed by atoms with Gasteiger partial charge in [0, 0.05) is 12.8 Å². The molecule has 2 unspecified atom stereocenters. The van der Waals surface area contributed by atoms with Crippen molar-refractivity contribution in [1.29, 1.82) is 0 Å². The molecular weight excluding hydrogens is 361 g/mol. The Morgan fingerprint density at radius 2 is 2.12 bits per heavy atom. The van der Waals surface area contributed by atoms with Crippen molar-refractivity contribution in [1.82, 2.24) is 0 Å². The quantitative estimate of drug-likeness (QED) is 0.270. The standard InChI is InChI=1S/C12H15F3O8S/c1-7(9(16)23-8-2-4-22-10(8)17)6-21-5-3-12(14,15)11(13)24(18,19)20/h8,11H,1-6H2,(H,18,19,20). The number of alkyl halides is 3. The normalized spacial score (nSPS) is 19.7. The van der Waals surface area contributed by atoms with Gasteiger partial charge in [0.15, 0.2) is 0 Å². The lowest BCUT2D eigenvalue weighted by molar-refractivity contribution is -0.157. The van der Waals surface area contributed by atoms with Crippen LogP contribution >= 0.6 is 0 Å². The fourth-order valence-corrected chi connectivity index (χ4v) is 2.14. The van der Waals surface area contributed by atoms with E-state index < -0.39 is 59.2 Å². The van der Waals surface area contributed by atoms with Crippen LogP contribution in [0, 0.1) is 0 Å². The minimum atomic E-state index is -5.55. The molecular formula is C12H15F3O8S. The maximum absolute atomic E-state index is 13.2. The number of hydrogen-bond donors (Lipinski definition) is 1. The largest absolute Gasteiger partial charge is 0.463 e. The number of cyclic esters (lactones) is 1. The van der Waals surface area contributed by atoms with Gasteiger partial charge in [-0.05, 0) is 0 Å². The zero-order valence-electron chi connectivity index (χ0n) is 12.2. The van der Waals surface area contributed by atoms with E-state index in [-0.39, 0.29) is 18.6 Å². The summed E-state index contributed by atoms with van der Waals surface area (Å²) in [6.07, 6.45) is -2.25. The summed E-state index contributed by atoms with van der Waals surface area (Å²) in [5, 5.41) is 0. The molecule has 0 amide bonds. The van der Waals surface area contributed by atoms with Gasteiger partial charge in [-0.1, -0.05) is 6.58 Å². The molecule has 138 valence electrons. The molecule has 1 saturated heterocycles. The van der Waals surface area contributed by atoms with Crippen LogP contribution in [0.25, 0.3) is 0 Å². The number of halogens is 3. The van der Waals surface area contributed by atoms with Gasteiger partial charge < -0.3 is 14.2 Å².